The molecule has 0 heterocycles. The van der Waals surface area contributed by atoms with Crippen LogP contribution in [0.3, 0.4) is 0 Å². The second kappa shape index (κ2) is 8.21. The predicted molar refractivity (Wildman–Crippen MR) is 97.5 cm³/mol. The largest absolute Gasteiger partial charge is 0.865 e. The Labute approximate surface area is 159 Å². The van der Waals surface area contributed by atoms with Gasteiger partial charge in [-0.2, -0.15) is 5.26 Å². The number of benzene rings is 2. The molecule has 0 aliphatic carbocycles. The summed E-state index contributed by atoms with van der Waals surface area (Å²) in [5, 5.41) is 35.1. The third kappa shape index (κ3) is 4.54. The number of aryl methyl sites for hydroxylation is 1. The van der Waals surface area contributed by atoms with Crippen molar-refractivity contribution in [2.45, 2.75) is 6.92 Å². The molecule has 0 radical (unpaired) electrons. The molecule has 0 bridgehead atoms. The molecule has 0 unspecified atom stereocenters. The van der Waals surface area contributed by atoms with Gasteiger partial charge in [0.2, 0.25) is 0 Å². The van der Waals surface area contributed by atoms with E-state index in [0.717, 1.165) is 17.7 Å². The van der Waals surface area contributed by atoms with Gasteiger partial charge >= 0.3 is 0 Å². The number of hydrogen-bond acceptors (Lipinski definition) is 6. The smallest absolute Gasteiger partial charge is 0.266 e. The Bertz CT molecular complexity index is 995. The third-order valence-corrected chi connectivity index (χ3v) is 3.83. The lowest BCUT2D eigenvalue weighted by Gasteiger charge is -2.13. The number of methoxy groups -OCH3 is 1. The molecule has 0 aromatic heterocycles. The van der Waals surface area contributed by atoms with E-state index in [1.165, 1.54) is 19.2 Å². The second-order valence-electron chi connectivity index (χ2n) is 5.41. The lowest BCUT2D eigenvalue weighted by molar-refractivity contribution is -0.398. The SMILES string of the molecule is COc1cc(/C=C(\C#N)C(=O)Nc2cc(Cl)ccc2C)cc([N+](=O)[O-])c1[O-]. The van der Waals surface area contributed by atoms with Crippen LogP contribution >= 0.6 is 11.6 Å². The van der Waals surface area contributed by atoms with Gasteiger partial charge in [-0.25, -0.2) is 0 Å². The van der Waals surface area contributed by atoms with Crippen molar-refractivity contribution in [1.82, 2.24) is 0 Å². The predicted octanol–water partition coefficient (Wildman–Crippen LogP) is 3.18. The Morgan fingerprint density at radius 2 is 2.07 bits per heavy atom. The molecular weight excluding hydrogens is 374 g/mol. The van der Waals surface area contributed by atoms with Crippen LogP contribution in [0.4, 0.5) is 11.4 Å². The Morgan fingerprint density at radius 1 is 1.37 bits per heavy atom. The Balaban J connectivity index is 2.42. The minimum Gasteiger partial charge on any atom is -0.865 e. The maximum Gasteiger partial charge on any atom is 0.266 e. The summed E-state index contributed by atoms with van der Waals surface area (Å²) >= 11 is 5.90. The van der Waals surface area contributed by atoms with Crippen molar-refractivity contribution in [3.05, 3.63) is 62.2 Å². The highest BCUT2D eigenvalue weighted by molar-refractivity contribution is 6.31. The number of carbonyl (C=O) groups excluding carboxylic acids is 1. The highest BCUT2D eigenvalue weighted by Crippen LogP contribution is 2.35. The van der Waals surface area contributed by atoms with Crippen LogP contribution < -0.4 is 15.2 Å². The van der Waals surface area contributed by atoms with Gasteiger partial charge in [-0.3, -0.25) is 14.9 Å². The number of rotatable bonds is 5. The summed E-state index contributed by atoms with van der Waals surface area (Å²) in [5.74, 6) is -1.88. The fourth-order valence-electron chi connectivity index (χ4n) is 2.21. The molecule has 0 atom stereocenters. The monoisotopic (exact) mass is 386 g/mol. The number of nitrogens with zero attached hydrogens (tertiary/aromatic N) is 2. The van der Waals surface area contributed by atoms with Gasteiger partial charge in [0.05, 0.1) is 12.0 Å². The summed E-state index contributed by atoms with van der Waals surface area (Å²) in [6.45, 7) is 1.75. The number of nitrogens with one attached hydrogen (secondary N) is 1. The van der Waals surface area contributed by atoms with Crippen molar-refractivity contribution in [2.24, 2.45) is 0 Å². The van der Waals surface area contributed by atoms with Gasteiger partial charge in [-0.05, 0) is 42.3 Å². The molecule has 1 amide bonds. The van der Waals surface area contributed by atoms with Crippen LogP contribution in [-0.2, 0) is 4.79 Å². The van der Waals surface area contributed by atoms with E-state index in [-0.39, 0.29) is 16.9 Å². The van der Waals surface area contributed by atoms with Crippen molar-refractivity contribution in [3.63, 3.8) is 0 Å². The zero-order valence-corrected chi connectivity index (χ0v) is 15.0. The highest BCUT2D eigenvalue weighted by atomic mass is 35.5. The summed E-state index contributed by atoms with van der Waals surface area (Å²) in [5.41, 5.74) is 0.228. The molecule has 2 rings (SSSR count). The van der Waals surface area contributed by atoms with Crippen molar-refractivity contribution < 1.29 is 19.6 Å². The zero-order valence-electron chi connectivity index (χ0n) is 14.3. The van der Waals surface area contributed by atoms with Gasteiger partial charge < -0.3 is 15.2 Å². The first-order chi connectivity index (χ1) is 12.8. The zero-order chi connectivity index (χ0) is 20.1. The number of hydrogen-bond donors (Lipinski definition) is 1. The quantitative estimate of drug-likeness (QED) is 0.363. The standard InChI is InChI=1S/C18H14ClN3O5/c1-10-3-4-13(19)8-14(10)21-18(24)12(9-20)5-11-6-15(22(25)26)17(23)16(7-11)27-2/h3-8,23H,1-2H3,(H,21,24)/p-1/b12-5+. The molecule has 0 fully saturated rings. The summed E-state index contributed by atoms with van der Waals surface area (Å²) in [4.78, 5) is 22.5. The van der Waals surface area contributed by atoms with Gasteiger partial charge in [0.25, 0.3) is 11.6 Å². The minimum absolute atomic E-state index is 0.104. The third-order valence-electron chi connectivity index (χ3n) is 3.60. The molecule has 0 saturated carbocycles. The number of nitro benzene ring substituents is 1. The Morgan fingerprint density at radius 3 is 2.67 bits per heavy atom. The Hall–Kier alpha value is -3.57. The Kier molecular flexibility index (Phi) is 6.00. The summed E-state index contributed by atoms with van der Waals surface area (Å²) in [6.07, 6.45) is 1.13. The second-order valence-corrected chi connectivity index (χ2v) is 5.85. The van der Waals surface area contributed by atoms with Crippen molar-refractivity contribution in [1.29, 1.82) is 5.26 Å². The van der Waals surface area contributed by atoms with E-state index in [1.807, 2.05) is 0 Å². The van der Waals surface area contributed by atoms with Crippen LogP contribution in [0, 0.1) is 28.4 Å². The van der Waals surface area contributed by atoms with Crippen LogP contribution in [0.5, 0.6) is 11.5 Å². The molecule has 2 aromatic carbocycles. The first kappa shape index (κ1) is 19.8. The molecule has 1 N–H and O–H groups in total. The number of halogens is 1. The van der Waals surface area contributed by atoms with E-state index >= 15 is 0 Å². The normalized spacial score (nSPS) is 10.8. The van der Waals surface area contributed by atoms with Gasteiger partial charge in [-0.1, -0.05) is 17.7 Å². The molecule has 0 aliphatic rings. The minimum atomic E-state index is -0.892. The fourth-order valence-corrected chi connectivity index (χ4v) is 2.38. The maximum absolute atomic E-state index is 12.4. The molecule has 0 saturated heterocycles. The highest BCUT2D eigenvalue weighted by Gasteiger charge is 2.15. The number of carbonyl (C=O) groups is 1. The number of ether oxygens (including phenoxy) is 1. The molecule has 0 spiro atoms. The van der Waals surface area contributed by atoms with Crippen LogP contribution in [0.15, 0.2) is 35.9 Å². The maximum atomic E-state index is 12.4. The van der Waals surface area contributed by atoms with Crippen molar-refractivity contribution >= 4 is 35.0 Å². The number of anilines is 1. The molecular formula is C18H13ClN3O5-. The molecule has 0 aliphatic heterocycles. The van der Waals surface area contributed by atoms with Crippen LogP contribution in [0.25, 0.3) is 6.08 Å². The van der Waals surface area contributed by atoms with Gasteiger partial charge in [0.15, 0.2) is 0 Å². The molecule has 138 valence electrons. The summed E-state index contributed by atoms with van der Waals surface area (Å²) in [6, 6.07) is 8.81. The van der Waals surface area contributed by atoms with E-state index < -0.39 is 22.3 Å². The van der Waals surface area contributed by atoms with Crippen molar-refractivity contribution in [3.8, 4) is 17.6 Å². The van der Waals surface area contributed by atoms with Crippen LogP contribution in [0.1, 0.15) is 11.1 Å². The summed E-state index contributed by atoms with van der Waals surface area (Å²) in [7, 11) is 1.19. The van der Waals surface area contributed by atoms with Crippen LogP contribution in [-0.4, -0.2) is 17.9 Å². The molecule has 9 heteroatoms. The van der Waals surface area contributed by atoms with E-state index in [4.69, 9.17) is 16.3 Å². The van der Waals surface area contributed by atoms with E-state index in [0.29, 0.717) is 10.7 Å². The average Bonchev–Trinajstić information content (AvgIpc) is 2.63. The average molecular weight is 387 g/mol. The van der Waals surface area contributed by atoms with Gasteiger partial charge in [0.1, 0.15) is 17.4 Å². The topological polar surface area (TPSA) is 128 Å². The first-order valence-corrected chi connectivity index (χ1v) is 7.87. The lowest BCUT2D eigenvalue weighted by atomic mass is 10.1. The number of nitro groups is 1. The molecule has 2 aromatic rings. The van der Waals surface area contributed by atoms with Crippen molar-refractivity contribution in [2.75, 3.05) is 12.4 Å². The van der Waals surface area contributed by atoms with Gasteiger partial charge in [-0.15, -0.1) is 0 Å². The lowest BCUT2D eigenvalue weighted by Crippen LogP contribution is -2.14. The van der Waals surface area contributed by atoms with Crippen LogP contribution in [0.2, 0.25) is 5.02 Å². The molecule has 8 nitrogen and oxygen atoms in total. The summed E-state index contributed by atoms with van der Waals surface area (Å²) < 4.78 is 4.83. The van der Waals surface area contributed by atoms with E-state index in [9.17, 15) is 25.3 Å². The fraction of sp³-hybridized carbons (Fsp3) is 0.111. The van der Waals surface area contributed by atoms with E-state index in [2.05, 4.69) is 5.32 Å². The van der Waals surface area contributed by atoms with Gasteiger partial charge in [0, 0.05) is 22.5 Å². The number of amides is 1. The van der Waals surface area contributed by atoms with E-state index in [1.54, 1.807) is 25.1 Å². The first-order valence-electron chi connectivity index (χ1n) is 7.49. The molecule has 27 heavy (non-hydrogen) atoms. The number of nitriles is 1.